The average molecular weight is 348 g/mol. The van der Waals surface area contributed by atoms with E-state index in [1.165, 1.54) is 6.07 Å². The number of aromatic amines is 1. The van der Waals surface area contributed by atoms with E-state index >= 15 is 0 Å². The van der Waals surface area contributed by atoms with Crippen molar-refractivity contribution in [3.05, 3.63) is 76.6 Å². The van der Waals surface area contributed by atoms with Gasteiger partial charge in [-0.1, -0.05) is 36.4 Å². The number of hydrogen-bond donors (Lipinski definition) is 1. The van der Waals surface area contributed by atoms with E-state index in [0.717, 1.165) is 24.1 Å². The highest BCUT2D eigenvalue weighted by atomic mass is 16.5. The van der Waals surface area contributed by atoms with Gasteiger partial charge in [0.15, 0.2) is 0 Å². The van der Waals surface area contributed by atoms with Crippen LogP contribution in [-0.2, 0) is 4.74 Å². The zero-order valence-electron chi connectivity index (χ0n) is 14.4. The summed E-state index contributed by atoms with van der Waals surface area (Å²) >= 11 is 0. The van der Waals surface area contributed by atoms with Crippen LogP contribution in [0.3, 0.4) is 0 Å². The van der Waals surface area contributed by atoms with E-state index in [4.69, 9.17) is 4.74 Å². The Balaban J connectivity index is 1.78. The summed E-state index contributed by atoms with van der Waals surface area (Å²) in [7, 11) is 0. The number of carbonyl (C=O) groups is 1. The summed E-state index contributed by atoms with van der Waals surface area (Å²) in [4.78, 5) is 30.1. The maximum atomic E-state index is 13.4. The third-order valence-corrected chi connectivity index (χ3v) is 4.76. The van der Waals surface area contributed by atoms with Gasteiger partial charge in [0, 0.05) is 41.7 Å². The lowest BCUT2D eigenvalue weighted by atomic mass is 10.0. The molecule has 4 rings (SSSR count). The molecule has 0 bridgehead atoms. The molecule has 5 heteroatoms. The summed E-state index contributed by atoms with van der Waals surface area (Å²) in [5.41, 5.74) is 1.64. The molecule has 26 heavy (non-hydrogen) atoms. The van der Waals surface area contributed by atoms with Crippen molar-refractivity contribution in [2.24, 2.45) is 5.92 Å². The first-order chi connectivity index (χ1) is 12.7. The number of carbonyl (C=O) groups excluding carboxylic acids is 1. The van der Waals surface area contributed by atoms with E-state index in [-0.39, 0.29) is 11.5 Å². The number of anilines is 1. The lowest BCUT2D eigenvalue weighted by molar-refractivity contribution is 0.0982. The molecule has 132 valence electrons. The Hall–Kier alpha value is -2.92. The third kappa shape index (κ3) is 3.26. The van der Waals surface area contributed by atoms with Crippen LogP contribution in [0.25, 0.3) is 10.9 Å². The molecule has 0 unspecified atom stereocenters. The quantitative estimate of drug-likeness (QED) is 0.787. The molecule has 1 N–H and O–H groups in total. The van der Waals surface area contributed by atoms with Crippen molar-refractivity contribution in [1.29, 1.82) is 0 Å². The molecule has 0 saturated carbocycles. The predicted molar refractivity (Wildman–Crippen MR) is 102 cm³/mol. The number of benzene rings is 2. The van der Waals surface area contributed by atoms with Gasteiger partial charge in [-0.15, -0.1) is 0 Å². The molecule has 0 spiro atoms. The predicted octanol–water partition coefficient (Wildman–Crippen LogP) is 3.21. The number of amides is 1. The number of nitrogens with zero attached hydrogens (tertiary/aromatic N) is 1. The number of nitrogens with one attached hydrogen (secondary N) is 1. The van der Waals surface area contributed by atoms with Crippen LogP contribution in [0.4, 0.5) is 5.69 Å². The molecule has 1 aliphatic rings. The molecule has 1 atom stereocenters. The summed E-state index contributed by atoms with van der Waals surface area (Å²) < 4.78 is 5.48. The zero-order valence-corrected chi connectivity index (χ0v) is 14.4. The number of para-hydroxylation sites is 2. The normalized spacial score (nSPS) is 16.7. The Morgan fingerprint density at radius 3 is 2.65 bits per heavy atom. The smallest absolute Gasteiger partial charge is 0.259 e. The van der Waals surface area contributed by atoms with Crippen molar-refractivity contribution in [3.63, 3.8) is 0 Å². The van der Waals surface area contributed by atoms with E-state index in [1.54, 1.807) is 4.90 Å². The number of H-pyrrole nitrogens is 1. The molecule has 1 aliphatic heterocycles. The fourth-order valence-electron chi connectivity index (χ4n) is 3.43. The molecular weight excluding hydrogens is 328 g/mol. The molecule has 3 aromatic rings. The topological polar surface area (TPSA) is 62.4 Å². The first kappa shape index (κ1) is 16.5. The van der Waals surface area contributed by atoms with Crippen molar-refractivity contribution >= 4 is 22.5 Å². The van der Waals surface area contributed by atoms with Crippen LogP contribution in [0.2, 0.25) is 0 Å². The molecular formula is C21H20N2O3. The molecule has 5 nitrogen and oxygen atoms in total. The highest BCUT2D eigenvalue weighted by Crippen LogP contribution is 2.24. The van der Waals surface area contributed by atoms with Crippen LogP contribution in [0.15, 0.2) is 65.5 Å². The van der Waals surface area contributed by atoms with Crippen LogP contribution < -0.4 is 10.5 Å². The van der Waals surface area contributed by atoms with E-state index in [0.29, 0.717) is 30.1 Å². The average Bonchev–Trinajstić information content (AvgIpc) is 3.19. The van der Waals surface area contributed by atoms with Gasteiger partial charge in [0.25, 0.3) is 5.91 Å². The van der Waals surface area contributed by atoms with Crippen LogP contribution >= 0.6 is 0 Å². The van der Waals surface area contributed by atoms with Gasteiger partial charge in [0.2, 0.25) is 5.56 Å². The number of rotatable bonds is 4. The van der Waals surface area contributed by atoms with Crippen LogP contribution in [0.5, 0.6) is 0 Å². The summed E-state index contributed by atoms with van der Waals surface area (Å²) in [6.07, 6.45) is 0.937. The maximum absolute atomic E-state index is 13.4. The minimum absolute atomic E-state index is 0.162. The Kier molecular flexibility index (Phi) is 4.54. The van der Waals surface area contributed by atoms with Crippen molar-refractivity contribution in [2.75, 3.05) is 24.7 Å². The zero-order chi connectivity index (χ0) is 17.9. The molecule has 1 fully saturated rings. The van der Waals surface area contributed by atoms with Crippen LogP contribution in [0.1, 0.15) is 16.8 Å². The van der Waals surface area contributed by atoms with E-state index < -0.39 is 0 Å². The summed E-state index contributed by atoms with van der Waals surface area (Å²) in [5, 5.41) is 0.751. The summed E-state index contributed by atoms with van der Waals surface area (Å²) in [5.74, 6) is 0.137. The fourth-order valence-corrected chi connectivity index (χ4v) is 3.43. The SMILES string of the molecule is O=C(c1cc(=O)[nH]c2ccccc12)N(C[C@H]1CCOC1)c1ccccc1. The minimum atomic E-state index is -0.274. The first-order valence-corrected chi connectivity index (χ1v) is 8.79. The molecule has 2 heterocycles. The Morgan fingerprint density at radius 2 is 1.88 bits per heavy atom. The van der Waals surface area contributed by atoms with E-state index in [9.17, 15) is 9.59 Å². The first-order valence-electron chi connectivity index (χ1n) is 8.79. The van der Waals surface area contributed by atoms with Crippen LogP contribution in [-0.4, -0.2) is 30.6 Å². The summed E-state index contributed by atoms with van der Waals surface area (Å²) in [6.45, 7) is 1.96. The second-order valence-electron chi connectivity index (χ2n) is 6.57. The van der Waals surface area contributed by atoms with E-state index in [2.05, 4.69) is 4.98 Å². The van der Waals surface area contributed by atoms with Gasteiger partial charge in [0.1, 0.15) is 0 Å². The van der Waals surface area contributed by atoms with Gasteiger partial charge in [-0.3, -0.25) is 9.59 Å². The number of aromatic nitrogens is 1. The minimum Gasteiger partial charge on any atom is -0.381 e. The molecule has 2 aromatic carbocycles. The van der Waals surface area contributed by atoms with Gasteiger partial charge in [-0.2, -0.15) is 0 Å². The van der Waals surface area contributed by atoms with Gasteiger partial charge in [-0.25, -0.2) is 0 Å². The number of hydrogen-bond acceptors (Lipinski definition) is 3. The van der Waals surface area contributed by atoms with Gasteiger partial charge in [0.05, 0.1) is 12.2 Å². The monoisotopic (exact) mass is 348 g/mol. The number of fused-ring (bicyclic) bond motifs is 1. The Labute approximate surface area is 151 Å². The molecule has 1 saturated heterocycles. The van der Waals surface area contributed by atoms with Crippen molar-refractivity contribution in [2.45, 2.75) is 6.42 Å². The molecule has 1 aromatic heterocycles. The summed E-state index contributed by atoms with van der Waals surface area (Å²) in [6, 6.07) is 18.4. The third-order valence-electron chi connectivity index (χ3n) is 4.76. The van der Waals surface area contributed by atoms with Gasteiger partial charge < -0.3 is 14.6 Å². The second kappa shape index (κ2) is 7.14. The Bertz CT molecular complexity index is 975. The molecule has 0 aliphatic carbocycles. The molecule has 0 radical (unpaired) electrons. The Morgan fingerprint density at radius 1 is 1.12 bits per heavy atom. The molecule has 1 amide bonds. The van der Waals surface area contributed by atoms with Crippen molar-refractivity contribution in [1.82, 2.24) is 4.98 Å². The standard InChI is InChI=1S/C21H20N2O3/c24-20-12-18(17-8-4-5-9-19(17)22-20)21(25)23(13-15-10-11-26-14-15)16-6-2-1-3-7-16/h1-9,12,15H,10-11,13-14H2,(H,22,24)/t15-/m1/s1. The van der Waals surface area contributed by atoms with Gasteiger partial charge in [-0.05, 0) is 24.6 Å². The van der Waals surface area contributed by atoms with Crippen molar-refractivity contribution < 1.29 is 9.53 Å². The van der Waals surface area contributed by atoms with Gasteiger partial charge >= 0.3 is 0 Å². The lowest BCUT2D eigenvalue weighted by Gasteiger charge is -2.26. The van der Waals surface area contributed by atoms with Crippen molar-refractivity contribution in [3.8, 4) is 0 Å². The fraction of sp³-hybridized carbons (Fsp3) is 0.238. The lowest BCUT2D eigenvalue weighted by Crippen LogP contribution is -2.36. The number of pyridine rings is 1. The van der Waals surface area contributed by atoms with Crippen LogP contribution in [0, 0.1) is 5.92 Å². The highest BCUT2D eigenvalue weighted by molar-refractivity contribution is 6.13. The van der Waals surface area contributed by atoms with E-state index in [1.807, 2.05) is 54.6 Å². The second-order valence-corrected chi connectivity index (χ2v) is 6.57. The highest BCUT2D eigenvalue weighted by Gasteiger charge is 2.25. The largest absolute Gasteiger partial charge is 0.381 e. The number of ether oxygens (including phenoxy) is 1. The maximum Gasteiger partial charge on any atom is 0.259 e.